The second kappa shape index (κ2) is 5.48. The third-order valence-electron chi connectivity index (χ3n) is 5.70. The maximum atomic E-state index is 6.47. The Morgan fingerprint density at radius 3 is 2.96 bits per heavy atom. The van der Waals surface area contributed by atoms with E-state index in [1.807, 2.05) is 18.2 Å². The zero-order valence-electron chi connectivity index (χ0n) is 13.5. The van der Waals surface area contributed by atoms with Crippen LogP contribution in [0.15, 0.2) is 36.4 Å². The second-order valence-corrected chi connectivity index (χ2v) is 7.66. The van der Waals surface area contributed by atoms with Gasteiger partial charge in [0, 0.05) is 28.7 Å². The van der Waals surface area contributed by atoms with E-state index < -0.39 is 0 Å². The SMILES string of the molecule is NC1CCCN(C2Cc3cccc4c3C2Oc2ccc(Cl)cc2-4)C1. The number of benzene rings is 2. The molecule has 1 aliphatic carbocycles. The number of rotatable bonds is 1. The normalized spacial score (nSPS) is 28.2. The Kier molecular flexibility index (Phi) is 3.37. The van der Waals surface area contributed by atoms with Crippen LogP contribution < -0.4 is 10.5 Å². The average Bonchev–Trinajstić information content (AvgIpc) is 2.96. The highest BCUT2D eigenvalue weighted by molar-refractivity contribution is 6.31. The predicted molar refractivity (Wildman–Crippen MR) is 96.5 cm³/mol. The predicted octanol–water partition coefficient (Wildman–Crippen LogP) is 3.79. The van der Waals surface area contributed by atoms with E-state index in [0.29, 0.717) is 6.04 Å². The van der Waals surface area contributed by atoms with Crippen molar-refractivity contribution in [3.63, 3.8) is 0 Å². The highest BCUT2D eigenvalue weighted by atomic mass is 35.5. The van der Waals surface area contributed by atoms with Gasteiger partial charge in [0.05, 0.1) is 6.04 Å². The molecule has 5 rings (SSSR count). The Hall–Kier alpha value is -1.55. The zero-order valence-corrected chi connectivity index (χ0v) is 14.3. The van der Waals surface area contributed by atoms with Gasteiger partial charge in [-0.3, -0.25) is 4.90 Å². The number of likely N-dealkylation sites (tertiary alicyclic amines) is 1. The van der Waals surface area contributed by atoms with E-state index in [0.717, 1.165) is 42.3 Å². The minimum atomic E-state index is 0.107. The summed E-state index contributed by atoms with van der Waals surface area (Å²) in [4.78, 5) is 2.55. The summed E-state index contributed by atoms with van der Waals surface area (Å²) in [6, 6.07) is 13.2. The van der Waals surface area contributed by atoms with Gasteiger partial charge in [-0.25, -0.2) is 0 Å². The summed E-state index contributed by atoms with van der Waals surface area (Å²) < 4.78 is 6.47. The molecule has 2 aromatic carbocycles. The number of halogens is 1. The van der Waals surface area contributed by atoms with Crippen LogP contribution in [-0.2, 0) is 6.42 Å². The van der Waals surface area contributed by atoms with E-state index in [2.05, 4.69) is 23.1 Å². The van der Waals surface area contributed by atoms with Crippen LogP contribution in [0.25, 0.3) is 11.1 Å². The van der Waals surface area contributed by atoms with Crippen LogP contribution in [0, 0.1) is 0 Å². The molecule has 3 atom stereocenters. The number of hydrogen-bond donors (Lipinski definition) is 1. The molecule has 1 fully saturated rings. The minimum Gasteiger partial charge on any atom is -0.483 e. The Labute approximate surface area is 147 Å². The highest BCUT2D eigenvalue weighted by Gasteiger charge is 2.43. The molecule has 3 unspecified atom stereocenters. The molecule has 0 radical (unpaired) electrons. The van der Waals surface area contributed by atoms with Gasteiger partial charge < -0.3 is 10.5 Å². The molecular weight excluding hydrogens is 320 g/mol. The molecule has 2 N–H and O–H groups in total. The van der Waals surface area contributed by atoms with Crippen LogP contribution in [0.4, 0.5) is 0 Å². The largest absolute Gasteiger partial charge is 0.483 e. The fourth-order valence-electron chi connectivity index (χ4n) is 4.64. The van der Waals surface area contributed by atoms with Gasteiger partial charge >= 0.3 is 0 Å². The number of fused-ring (bicyclic) bond motifs is 2. The molecule has 0 bridgehead atoms. The van der Waals surface area contributed by atoms with Crippen LogP contribution in [0.2, 0.25) is 5.02 Å². The van der Waals surface area contributed by atoms with Crippen molar-refractivity contribution in [1.29, 1.82) is 0 Å². The van der Waals surface area contributed by atoms with Crippen molar-refractivity contribution >= 4 is 11.6 Å². The number of hydrogen-bond acceptors (Lipinski definition) is 3. The van der Waals surface area contributed by atoms with E-state index in [1.54, 1.807) is 0 Å². The topological polar surface area (TPSA) is 38.5 Å². The van der Waals surface area contributed by atoms with Gasteiger partial charge in [-0.15, -0.1) is 0 Å². The van der Waals surface area contributed by atoms with Gasteiger partial charge in [0.1, 0.15) is 11.9 Å². The highest BCUT2D eigenvalue weighted by Crippen LogP contribution is 2.50. The van der Waals surface area contributed by atoms with Crippen molar-refractivity contribution in [2.45, 2.75) is 37.5 Å². The third kappa shape index (κ3) is 2.19. The summed E-state index contributed by atoms with van der Waals surface area (Å²) in [5.74, 6) is 0.947. The molecule has 0 amide bonds. The number of nitrogens with two attached hydrogens (primary N) is 1. The second-order valence-electron chi connectivity index (χ2n) is 7.23. The fourth-order valence-corrected chi connectivity index (χ4v) is 4.81. The molecule has 0 saturated carbocycles. The van der Waals surface area contributed by atoms with E-state index in [-0.39, 0.29) is 12.1 Å². The van der Waals surface area contributed by atoms with Gasteiger partial charge in [0.25, 0.3) is 0 Å². The average molecular weight is 341 g/mol. The molecular formula is C20H21ClN2O. The molecule has 3 aliphatic rings. The van der Waals surface area contributed by atoms with Gasteiger partial charge in [0.15, 0.2) is 0 Å². The van der Waals surface area contributed by atoms with Crippen molar-refractivity contribution in [1.82, 2.24) is 4.90 Å². The van der Waals surface area contributed by atoms with E-state index in [4.69, 9.17) is 22.1 Å². The molecule has 1 saturated heterocycles. The fraction of sp³-hybridized carbons (Fsp3) is 0.400. The van der Waals surface area contributed by atoms with Gasteiger partial charge in [-0.05, 0) is 55.1 Å². The first-order valence-electron chi connectivity index (χ1n) is 8.79. The van der Waals surface area contributed by atoms with Gasteiger partial charge in [-0.1, -0.05) is 29.8 Å². The van der Waals surface area contributed by atoms with Crippen LogP contribution in [0.3, 0.4) is 0 Å². The third-order valence-corrected chi connectivity index (χ3v) is 5.94. The molecule has 24 heavy (non-hydrogen) atoms. The first kappa shape index (κ1) is 14.8. The zero-order chi connectivity index (χ0) is 16.3. The quantitative estimate of drug-likeness (QED) is 0.858. The molecule has 0 spiro atoms. The smallest absolute Gasteiger partial charge is 0.140 e. The van der Waals surface area contributed by atoms with E-state index in [9.17, 15) is 0 Å². The van der Waals surface area contributed by atoms with Crippen LogP contribution in [-0.4, -0.2) is 30.1 Å². The first-order chi connectivity index (χ1) is 11.7. The Morgan fingerprint density at radius 1 is 1.17 bits per heavy atom. The molecule has 124 valence electrons. The molecule has 2 aliphatic heterocycles. The lowest BCUT2D eigenvalue weighted by atomic mass is 9.92. The summed E-state index contributed by atoms with van der Waals surface area (Å²) >= 11 is 6.22. The van der Waals surface area contributed by atoms with Gasteiger partial charge in [0.2, 0.25) is 0 Å². The summed E-state index contributed by atoms with van der Waals surface area (Å²) in [7, 11) is 0. The first-order valence-corrected chi connectivity index (χ1v) is 9.16. The summed E-state index contributed by atoms with van der Waals surface area (Å²) in [5.41, 5.74) is 11.4. The van der Waals surface area contributed by atoms with Crippen LogP contribution in [0.5, 0.6) is 5.75 Å². The van der Waals surface area contributed by atoms with Crippen LogP contribution in [0.1, 0.15) is 30.1 Å². The van der Waals surface area contributed by atoms with Crippen molar-refractivity contribution in [2.24, 2.45) is 5.73 Å². The number of piperidine rings is 1. The van der Waals surface area contributed by atoms with Crippen molar-refractivity contribution < 1.29 is 4.74 Å². The lowest BCUT2D eigenvalue weighted by Crippen LogP contribution is -2.50. The van der Waals surface area contributed by atoms with Crippen molar-refractivity contribution in [3.8, 4) is 16.9 Å². The number of nitrogens with zero attached hydrogens (tertiary/aromatic N) is 1. The Morgan fingerprint density at radius 2 is 2.08 bits per heavy atom. The molecule has 2 heterocycles. The lowest BCUT2D eigenvalue weighted by Gasteiger charge is -2.39. The Balaban J connectivity index is 1.59. The van der Waals surface area contributed by atoms with Crippen molar-refractivity contribution in [3.05, 3.63) is 52.5 Å². The molecule has 0 aromatic heterocycles. The van der Waals surface area contributed by atoms with Gasteiger partial charge in [-0.2, -0.15) is 0 Å². The summed E-state index contributed by atoms with van der Waals surface area (Å²) in [6.45, 7) is 2.09. The summed E-state index contributed by atoms with van der Waals surface area (Å²) in [5, 5.41) is 0.755. The molecule has 2 aromatic rings. The van der Waals surface area contributed by atoms with Crippen molar-refractivity contribution in [2.75, 3.05) is 13.1 Å². The van der Waals surface area contributed by atoms with E-state index in [1.165, 1.54) is 23.1 Å². The molecule has 3 nitrogen and oxygen atoms in total. The summed E-state index contributed by atoms with van der Waals surface area (Å²) in [6.07, 6.45) is 3.46. The molecule has 4 heteroatoms. The maximum Gasteiger partial charge on any atom is 0.140 e. The monoisotopic (exact) mass is 340 g/mol. The lowest BCUT2D eigenvalue weighted by molar-refractivity contribution is 0.0582. The maximum absolute atomic E-state index is 6.47. The standard InChI is InChI=1S/C20H21ClN2O/c21-13-6-7-18-16(10-13)15-5-1-3-12-9-17(20(24-18)19(12)15)23-8-2-4-14(22)11-23/h1,3,5-7,10,14,17,20H,2,4,8-9,11,22H2. The number of ether oxygens (including phenoxy) is 1. The minimum absolute atomic E-state index is 0.107. The Bertz CT molecular complexity index is 806. The van der Waals surface area contributed by atoms with Crippen LogP contribution >= 0.6 is 11.6 Å². The van der Waals surface area contributed by atoms with E-state index >= 15 is 0 Å².